The second-order valence-corrected chi connectivity index (χ2v) is 5.40. The van der Waals surface area contributed by atoms with E-state index >= 15 is 0 Å². The number of likely N-dealkylation sites (N-methyl/N-ethyl adjacent to an activating group) is 1. The molecule has 5 heteroatoms. The van der Waals surface area contributed by atoms with E-state index in [2.05, 4.69) is 16.9 Å². The van der Waals surface area contributed by atoms with Gasteiger partial charge in [0.25, 0.3) is 0 Å². The van der Waals surface area contributed by atoms with Crippen LogP contribution in [0.25, 0.3) is 0 Å². The zero-order chi connectivity index (χ0) is 13.4. The van der Waals surface area contributed by atoms with Crippen LogP contribution < -0.4 is 0 Å². The molecule has 19 heavy (non-hydrogen) atoms. The van der Waals surface area contributed by atoms with Gasteiger partial charge < -0.3 is 4.74 Å². The van der Waals surface area contributed by atoms with Crippen LogP contribution >= 0.6 is 0 Å². The molecule has 1 aromatic rings. The summed E-state index contributed by atoms with van der Waals surface area (Å²) in [4.78, 5) is 18.7. The summed E-state index contributed by atoms with van der Waals surface area (Å²) in [6, 6.07) is 3.06. The first-order valence-corrected chi connectivity index (χ1v) is 6.60. The molecule has 0 amide bonds. The number of pyridine rings is 1. The van der Waals surface area contributed by atoms with Gasteiger partial charge in [-0.15, -0.1) is 0 Å². The van der Waals surface area contributed by atoms with Crippen LogP contribution in [0.1, 0.15) is 23.3 Å². The normalized spacial score (nSPS) is 31.2. The van der Waals surface area contributed by atoms with Crippen molar-refractivity contribution in [1.29, 1.82) is 0 Å². The Morgan fingerprint density at radius 1 is 1.42 bits per heavy atom. The van der Waals surface area contributed by atoms with Crippen molar-refractivity contribution in [2.24, 2.45) is 5.92 Å². The highest BCUT2D eigenvalue weighted by Gasteiger charge is 2.39. The van der Waals surface area contributed by atoms with E-state index in [1.165, 1.54) is 18.3 Å². The summed E-state index contributed by atoms with van der Waals surface area (Å²) in [5, 5.41) is 0. The smallest absolute Gasteiger partial charge is 0.184 e. The number of carbonyl (C=O) groups is 1. The van der Waals surface area contributed by atoms with Gasteiger partial charge in [0.1, 0.15) is 11.5 Å². The first-order valence-electron chi connectivity index (χ1n) is 6.60. The number of hydrogen-bond donors (Lipinski definition) is 0. The number of hydrogen-bond acceptors (Lipinski definition) is 4. The monoisotopic (exact) mass is 264 g/mol. The van der Waals surface area contributed by atoms with Crippen LogP contribution in [0.2, 0.25) is 0 Å². The van der Waals surface area contributed by atoms with E-state index in [1.54, 1.807) is 0 Å². The van der Waals surface area contributed by atoms with E-state index in [1.807, 2.05) is 0 Å². The third-order valence-corrected chi connectivity index (χ3v) is 4.23. The van der Waals surface area contributed by atoms with Crippen LogP contribution in [-0.4, -0.2) is 48.0 Å². The summed E-state index contributed by atoms with van der Waals surface area (Å²) >= 11 is 0. The van der Waals surface area contributed by atoms with Gasteiger partial charge in [-0.2, -0.15) is 0 Å². The van der Waals surface area contributed by atoms with Gasteiger partial charge in [-0.3, -0.25) is 14.7 Å². The maximum absolute atomic E-state index is 13.2. The highest BCUT2D eigenvalue weighted by Crippen LogP contribution is 2.32. The molecule has 0 N–H and O–H groups in total. The largest absolute Gasteiger partial charge is 0.378 e. The van der Waals surface area contributed by atoms with Crippen molar-refractivity contribution in [3.63, 3.8) is 0 Å². The number of morpholine rings is 1. The molecule has 3 heterocycles. The van der Waals surface area contributed by atoms with Crippen LogP contribution in [0, 0.1) is 11.7 Å². The molecule has 3 rings (SSSR count). The minimum Gasteiger partial charge on any atom is -0.378 e. The van der Waals surface area contributed by atoms with Gasteiger partial charge >= 0.3 is 0 Å². The van der Waals surface area contributed by atoms with Crippen molar-refractivity contribution in [3.8, 4) is 0 Å². The highest BCUT2D eigenvalue weighted by atomic mass is 19.1. The van der Waals surface area contributed by atoms with Crippen LogP contribution in [0.15, 0.2) is 18.3 Å². The Bertz CT molecular complexity index is 480. The Balaban J connectivity index is 1.78. The van der Waals surface area contributed by atoms with Crippen molar-refractivity contribution in [1.82, 2.24) is 9.88 Å². The summed E-state index contributed by atoms with van der Waals surface area (Å²) in [6.45, 7) is 1.35. The summed E-state index contributed by atoms with van der Waals surface area (Å²) in [7, 11) is 2.08. The zero-order valence-corrected chi connectivity index (χ0v) is 10.9. The van der Waals surface area contributed by atoms with E-state index in [0.29, 0.717) is 13.2 Å². The number of aromatic nitrogens is 1. The lowest BCUT2D eigenvalue weighted by molar-refractivity contribution is -0.0703. The van der Waals surface area contributed by atoms with Crippen LogP contribution in [-0.2, 0) is 4.74 Å². The molecule has 2 saturated heterocycles. The fourth-order valence-electron chi connectivity index (χ4n) is 3.06. The van der Waals surface area contributed by atoms with E-state index in [4.69, 9.17) is 4.74 Å². The molecule has 102 valence electrons. The van der Waals surface area contributed by atoms with Crippen molar-refractivity contribution in [2.45, 2.75) is 24.9 Å². The van der Waals surface area contributed by atoms with Crippen LogP contribution in [0.4, 0.5) is 4.39 Å². The lowest BCUT2D eigenvalue weighted by Gasteiger charge is -2.46. The number of ketones is 1. The Kier molecular flexibility index (Phi) is 3.33. The molecular weight excluding hydrogens is 247 g/mol. The maximum Gasteiger partial charge on any atom is 0.184 e. The van der Waals surface area contributed by atoms with Gasteiger partial charge in [0.15, 0.2) is 5.78 Å². The molecule has 2 atom stereocenters. The lowest BCUT2D eigenvalue weighted by Crippen LogP contribution is -2.55. The van der Waals surface area contributed by atoms with Crippen molar-refractivity contribution < 1.29 is 13.9 Å². The summed E-state index contributed by atoms with van der Waals surface area (Å²) < 4.78 is 18.7. The Labute approximate surface area is 111 Å². The number of rotatable bonds is 2. The second kappa shape index (κ2) is 4.98. The fraction of sp³-hybridized carbons (Fsp3) is 0.571. The Morgan fingerprint density at radius 2 is 2.11 bits per heavy atom. The molecule has 2 aliphatic heterocycles. The standard InChI is InChI=1S/C14H17FN2O2/c1-17-11-4-9(5-12(17)8-19-7-11)14(18)13-6-10(15)2-3-16-13/h2-3,6,9,11-12H,4-5,7-8H2,1H3. The molecule has 0 saturated carbocycles. The van der Waals surface area contributed by atoms with Gasteiger partial charge in [-0.25, -0.2) is 4.39 Å². The SMILES string of the molecule is CN1C2COCC1CC(C(=O)c1cc(F)ccn1)C2. The third-order valence-electron chi connectivity index (χ3n) is 4.23. The van der Waals surface area contributed by atoms with Gasteiger partial charge in [0.2, 0.25) is 0 Å². The number of fused-ring (bicyclic) bond motifs is 2. The molecule has 0 spiro atoms. The molecule has 2 fully saturated rings. The quantitative estimate of drug-likeness (QED) is 0.759. The predicted molar refractivity (Wildman–Crippen MR) is 67.4 cm³/mol. The molecule has 4 nitrogen and oxygen atoms in total. The average Bonchev–Trinajstić information content (AvgIpc) is 2.37. The molecule has 2 aliphatic rings. The molecule has 0 aromatic carbocycles. The molecule has 0 radical (unpaired) electrons. The lowest BCUT2D eigenvalue weighted by atomic mass is 9.82. The Hall–Kier alpha value is -1.33. The third kappa shape index (κ3) is 2.40. The number of ether oxygens (including phenoxy) is 1. The second-order valence-electron chi connectivity index (χ2n) is 5.40. The number of carbonyl (C=O) groups excluding carboxylic acids is 1. The first kappa shape index (κ1) is 12.7. The topological polar surface area (TPSA) is 42.4 Å². The van der Waals surface area contributed by atoms with Gasteiger partial charge in [-0.1, -0.05) is 0 Å². The van der Waals surface area contributed by atoms with Crippen molar-refractivity contribution >= 4 is 5.78 Å². The summed E-state index contributed by atoms with van der Waals surface area (Å²) in [6.07, 6.45) is 2.88. The predicted octanol–water partition coefficient (Wildman–Crippen LogP) is 1.51. The average molecular weight is 264 g/mol. The summed E-state index contributed by atoms with van der Waals surface area (Å²) in [5.74, 6) is -0.510. The van der Waals surface area contributed by atoms with Gasteiger partial charge in [0, 0.05) is 30.3 Å². The van der Waals surface area contributed by atoms with Crippen LogP contribution in [0.3, 0.4) is 0 Å². The summed E-state index contributed by atoms with van der Waals surface area (Å²) in [5.41, 5.74) is 0.244. The van der Waals surface area contributed by atoms with E-state index in [0.717, 1.165) is 12.8 Å². The van der Waals surface area contributed by atoms with Gasteiger partial charge in [-0.05, 0) is 26.0 Å². The van der Waals surface area contributed by atoms with Gasteiger partial charge in [0.05, 0.1) is 13.2 Å². The number of nitrogens with zero attached hydrogens (tertiary/aromatic N) is 2. The highest BCUT2D eigenvalue weighted by molar-refractivity contribution is 5.96. The van der Waals surface area contributed by atoms with E-state index < -0.39 is 5.82 Å². The maximum atomic E-state index is 13.2. The number of piperidine rings is 1. The minimum atomic E-state index is -0.408. The zero-order valence-electron chi connectivity index (χ0n) is 10.9. The Morgan fingerprint density at radius 3 is 2.74 bits per heavy atom. The molecular formula is C14H17FN2O2. The van der Waals surface area contributed by atoms with E-state index in [-0.39, 0.29) is 29.5 Å². The first-order chi connectivity index (χ1) is 9.15. The molecule has 2 unspecified atom stereocenters. The molecule has 0 aliphatic carbocycles. The number of halogens is 1. The van der Waals surface area contributed by atoms with Crippen molar-refractivity contribution in [2.75, 3.05) is 20.3 Å². The molecule has 2 bridgehead atoms. The molecule has 1 aromatic heterocycles. The fourth-order valence-corrected chi connectivity index (χ4v) is 3.06. The van der Waals surface area contributed by atoms with Crippen molar-refractivity contribution in [3.05, 3.63) is 29.8 Å². The van der Waals surface area contributed by atoms with Crippen LogP contribution in [0.5, 0.6) is 0 Å². The van der Waals surface area contributed by atoms with E-state index in [9.17, 15) is 9.18 Å². The minimum absolute atomic E-state index is 0.0375. The number of Topliss-reactive ketones (excluding diaryl/α,β-unsaturated/α-hetero) is 1.